The molecule has 13 heteroatoms. The summed E-state index contributed by atoms with van der Waals surface area (Å²) in [6.07, 6.45) is 0. The molecule has 0 aliphatic rings. The molecule has 0 atom stereocenters. The van der Waals surface area contributed by atoms with Crippen LogP contribution in [0.1, 0.15) is 0 Å². The maximum Gasteiger partial charge on any atom is 0.318 e. The second-order valence-electron chi connectivity index (χ2n) is 9.30. The Bertz CT molecular complexity index is 2060. The fraction of sp³-hybridized carbons (Fsp3) is 0.0323. The first-order valence-corrected chi connectivity index (χ1v) is 15.0. The molecule has 10 nitrogen and oxygen atoms in total. The molecule has 0 unspecified atom stereocenters. The van der Waals surface area contributed by atoms with Gasteiger partial charge in [-0.25, -0.2) is 0 Å². The number of fused-ring (bicyclic) bond motifs is 3. The van der Waals surface area contributed by atoms with Crippen LogP contribution in [0.5, 0.6) is 5.75 Å². The summed E-state index contributed by atoms with van der Waals surface area (Å²) in [4.78, 5) is 21.0. The number of nitrogens with zero attached hydrogens (tertiary/aromatic N) is 2. The van der Waals surface area contributed by atoms with E-state index in [2.05, 4.69) is 47.8 Å². The zero-order valence-electron chi connectivity index (χ0n) is 23.0. The number of nitrogen functional groups attached to an aromatic ring is 3. The van der Waals surface area contributed by atoms with E-state index in [0.717, 1.165) is 35.0 Å². The molecule has 0 saturated carbocycles. The summed E-state index contributed by atoms with van der Waals surface area (Å²) in [5.74, 6) is 0.278. The van der Waals surface area contributed by atoms with Gasteiger partial charge in [-0.3, -0.25) is 20.2 Å². The molecule has 0 radical (unpaired) electrons. The van der Waals surface area contributed by atoms with E-state index in [1.165, 1.54) is 7.11 Å². The van der Waals surface area contributed by atoms with Crippen molar-refractivity contribution in [3.05, 3.63) is 125 Å². The van der Waals surface area contributed by atoms with Crippen molar-refractivity contribution >= 4 is 109 Å². The predicted octanol–water partition coefficient (Wildman–Crippen LogP) is 9.38. The molecular weight excluding hydrogens is 762 g/mol. The molecule has 6 aromatic rings. The van der Waals surface area contributed by atoms with Gasteiger partial charge in [-0.2, -0.15) is 0 Å². The minimum atomic E-state index is -0.453. The standard InChI is InChI=1S/C11H8BrNO3.C10H7BrN2O2.C10H9BrN2/c1-16-10-5-2-7-6-8(12)3-4-9(7)11(10)13(14)15;11-7-2-3-8-6(5-7)1-4-9(12)10(8)13(14)15;11-7-2-3-8-6(5-7)1-4-9(12)10(8)13/h2-6H,1H3;1-5H,12H2;1-5H,12-13H2. The summed E-state index contributed by atoms with van der Waals surface area (Å²) in [5, 5.41) is 26.7. The van der Waals surface area contributed by atoms with Crippen LogP contribution in [0.15, 0.2) is 104 Å². The molecule has 224 valence electrons. The van der Waals surface area contributed by atoms with Gasteiger partial charge >= 0.3 is 5.69 Å². The molecule has 0 fully saturated rings. The zero-order valence-corrected chi connectivity index (χ0v) is 27.7. The van der Waals surface area contributed by atoms with E-state index in [-0.39, 0.29) is 22.8 Å². The summed E-state index contributed by atoms with van der Waals surface area (Å²) in [6.45, 7) is 0. The van der Waals surface area contributed by atoms with E-state index >= 15 is 0 Å². The number of nitro benzene ring substituents is 2. The van der Waals surface area contributed by atoms with Crippen molar-refractivity contribution in [1.29, 1.82) is 0 Å². The Kier molecular flexibility index (Phi) is 10.2. The van der Waals surface area contributed by atoms with Crippen LogP contribution in [-0.4, -0.2) is 17.0 Å². The van der Waals surface area contributed by atoms with Crippen LogP contribution in [0.2, 0.25) is 0 Å². The highest BCUT2D eigenvalue weighted by atomic mass is 79.9. The van der Waals surface area contributed by atoms with Crippen LogP contribution in [0.3, 0.4) is 0 Å². The number of rotatable bonds is 3. The average molecular weight is 786 g/mol. The Morgan fingerprint density at radius 3 is 1.45 bits per heavy atom. The molecule has 0 aliphatic carbocycles. The lowest BCUT2D eigenvalue weighted by molar-refractivity contribution is -0.383. The van der Waals surface area contributed by atoms with Gasteiger partial charge in [0.15, 0.2) is 5.75 Å². The van der Waals surface area contributed by atoms with Crippen LogP contribution in [0.25, 0.3) is 32.3 Å². The number of benzene rings is 6. The molecular formula is C31H24Br3N5O5. The van der Waals surface area contributed by atoms with Gasteiger partial charge < -0.3 is 21.9 Å². The topological polar surface area (TPSA) is 174 Å². The number of hydrogen-bond acceptors (Lipinski definition) is 8. The van der Waals surface area contributed by atoms with Crippen LogP contribution >= 0.6 is 47.8 Å². The van der Waals surface area contributed by atoms with Gasteiger partial charge in [-0.05, 0) is 82.9 Å². The van der Waals surface area contributed by atoms with Crippen molar-refractivity contribution in [2.75, 3.05) is 24.3 Å². The molecule has 0 aliphatic heterocycles. The predicted molar refractivity (Wildman–Crippen MR) is 188 cm³/mol. The van der Waals surface area contributed by atoms with Gasteiger partial charge in [-0.1, -0.05) is 72.1 Å². The Morgan fingerprint density at radius 2 is 0.977 bits per heavy atom. The normalized spacial score (nSPS) is 10.5. The summed E-state index contributed by atoms with van der Waals surface area (Å²) in [6, 6.07) is 27.0. The van der Waals surface area contributed by atoms with E-state index in [1.54, 1.807) is 48.5 Å². The molecule has 0 heterocycles. The smallest absolute Gasteiger partial charge is 0.318 e. The van der Waals surface area contributed by atoms with Crippen LogP contribution in [-0.2, 0) is 0 Å². The number of nitrogens with two attached hydrogens (primary N) is 3. The third-order valence-corrected chi connectivity index (χ3v) is 8.02. The molecule has 6 N–H and O–H groups in total. The molecule has 0 amide bonds. The second-order valence-corrected chi connectivity index (χ2v) is 12.0. The lowest BCUT2D eigenvalue weighted by Crippen LogP contribution is -1.96. The van der Waals surface area contributed by atoms with Crippen molar-refractivity contribution in [3.8, 4) is 5.75 Å². The summed E-state index contributed by atoms with van der Waals surface area (Å²) in [7, 11) is 1.42. The maximum atomic E-state index is 11.0. The summed E-state index contributed by atoms with van der Waals surface area (Å²) >= 11 is 10.0. The lowest BCUT2D eigenvalue weighted by Gasteiger charge is -2.05. The Balaban J connectivity index is 0.000000151. The fourth-order valence-corrected chi connectivity index (χ4v) is 5.60. The van der Waals surface area contributed by atoms with Crippen molar-refractivity contribution in [2.45, 2.75) is 0 Å². The Hall–Kier alpha value is -4.46. The quantitative estimate of drug-likeness (QED) is 0.0904. The van der Waals surface area contributed by atoms with E-state index in [0.29, 0.717) is 22.1 Å². The molecule has 0 saturated heterocycles. The van der Waals surface area contributed by atoms with Gasteiger partial charge in [0.2, 0.25) is 0 Å². The third-order valence-electron chi connectivity index (χ3n) is 6.54. The van der Waals surface area contributed by atoms with Gasteiger partial charge in [-0.15, -0.1) is 0 Å². The zero-order chi connectivity index (χ0) is 32.1. The SMILES string of the molecule is COc1ccc2cc(Br)ccc2c1[N+](=O)[O-].Nc1ccc2cc(Br)ccc2c1N.Nc1ccc2cc(Br)ccc2c1[N+](=O)[O-]. The molecule has 0 bridgehead atoms. The monoisotopic (exact) mass is 783 g/mol. The average Bonchev–Trinajstić information content (AvgIpc) is 2.98. The fourth-order valence-electron chi connectivity index (χ4n) is 4.46. The number of halogens is 3. The van der Waals surface area contributed by atoms with E-state index in [1.807, 2.05) is 42.5 Å². The molecule has 44 heavy (non-hydrogen) atoms. The van der Waals surface area contributed by atoms with Gasteiger partial charge in [0.1, 0.15) is 5.69 Å². The lowest BCUT2D eigenvalue weighted by atomic mass is 10.1. The Labute approximate surface area is 276 Å². The van der Waals surface area contributed by atoms with Crippen molar-refractivity contribution in [3.63, 3.8) is 0 Å². The summed E-state index contributed by atoms with van der Waals surface area (Å²) in [5.41, 5.74) is 18.5. The van der Waals surface area contributed by atoms with Crippen LogP contribution < -0.4 is 21.9 Å². The Morgan fingerprint density at radius 1 is 0.568 bits per heavy atom. The first kappa shape index (κ1) is 32.5. The largest absolute Gasteiger partial charge is 0.490 e. The van der Waals surface area contributed by atoms with Crippen LogP contribution in [0, 0.1) is 20.2 Å². The third kappa shape index (κ3) is 7.18. The molecule has 6 aromatic carbocycles. The number of nitro groups is 2. The first-order chi connectivity index (χ1) is 20.9. The van der Waals surface area contributed by atoms with Crippen LogP contribution in [0.4, 0.5) is 28.4 Å². The first-order valence-electron chi connectivity index (χ1n) is 12.7. The molecule has 0 aromatic heterocycles. The van der Waals surface area contributed by atoms with Crippen molar-refractivity contribution in [1.82, 2.24) is 0 Å². The summed E-state index contributed by atoms with van der Waals surface area (Å²) < 4.78 is 7.81. The van der Waals surface area contributed by atoms with Crippen molar-refractivity contribution < 1.29 is 14.6 Å². The molecule has 6 rings (SSSR count). The minimum Gasteiger partial charge on any atom is -0.490 e. The van der Waals surface area contributed by atoms with E-state index < -0.39 is 9.85 Å². The van der Waals surface area contributed by atoms with Gasteiger partial charge in [0.25, 0.3) is 5.69 Å². The minimum absolute atomic E-state index is 0.00694. The maximum absolute atomic E-state index is 11.0. The molecule has 0 spiro atoms. The highest BCUT2D eigenvalue weighted by molar-refractivity contribution is 9.11. The highest BCUT2D eigenvalue weighted by Crippen LogP contribution is 2.36. The van der Waals surface area contributed by atoms with E-state index in [4.69, 9.17) is 21.9 Å². The van der Waals surface area contributed by atoms with Gasteiger partial charge in [0.05, 0.1) is 39.1 Å². The number of ether oxygens (including phenoxy) is 1. The second kappa shape index (κ2) is 13.9. The highest BCUT2D eigenvalue weighted by Gasteiger charge is 2.19. The number of methoxy groups -OCH3 is 1. The van der Waals surface area contributed by atoms with Crippen molar-refractivity contribution in [2.24, 2.45) is 0 Å². The number of hydrogen-bond donors (Lipinski definition) is 3. The number of anilines is 3. The van der Waals surface area contributed by atoms with E-state index in [9.17, 15) is 20.2 Å². The van der Waals surface area contributed by atoms with Gasteiger partial charge in [0, 0.05) is 18.8 Å².